The summed E-state index contributed by atoms with van der Waals surface area (Å²) in [5.41, 5.74) is 2.31. The van der Waals surface area contributed by atoms with Crippen molar-refractivity contribution in [3.8, 4) is 0 Å². The second kappa shape index (κ2) is 7.31. The molecule has 3 aliphatic rings. The lowest BCUT2D eigenvalue weighted by atomic mass is 10.1. The molecule has 3 aromatic rings. The van der Waals surface area contributed by atoms with Crippen LogP contribution in [-0.2, 0) is 4.79 Å². The van der Waals surface area contributed by atoms with E-state index in [-0.39, 0.29) is 30.1 Å². The van der Waals surface area contributed by atoms with Crippen LogP contribution in [0.5, 0.6) is 0 Å². The maximum atomic E-state index is 13.5. The number of hydrogen-bond donors (Lipinski definition) is 1. The summed E-state index contributed by atoms with van der Waals surface area (Å²) in [6, 6.07) is 17.3. The largest absolute Gasteiger partial charge is 0.332 e. The number of likely N-dealkylation sites (tertiary alicyclic amines) is 1. The predicted molar refractivity (Wildman–Crippen MR) is 129 cm³/mol. The summed E-state index contributed by atoms with van der Waals surface area (Å²) in [5.74, 6) is -0.263. The van der Waals surface area contributed by atoms with E-state index in [1.807, 2.05) is 67.6 Å². The molecule has 3 saturated heterocycles. The number of fused-ring (bicyclic) bond motifs is 6. The van der Waals surface area contributed by atoms with Gasteiger partial charge in [0.15, 0.2) is 0 Å². The maximum absolute atomic E-state index is 13.5. The molecule has 33 heavy (non-hydrogen) atoms. The second-order valence-corrected chi connectivity index (χ2v) is 9.66. The van der Waals surface area contributed by atoms with Gasteiger partial charge >= 0.3 is 12.1 Å². The molecule has 3 heterocycles. The van der Waals surface area contributed by atoms with Gasteiger partial charge in [-0.15, -0.1) is 0 Å². The first-order chi connectivity index (χ1) is 15.9. The molecule has 2 bridgehead atoms. The van der Waals surface area contributed by atoms with Gasteiger partial charge in [-0.2, -0.15) is 0 Å². The highest BCUT2D eigenvalue weighted by Gasteiger charge is 2.63. The first kappa shape index (κ1) is 20.2. The van der Waals surface area contributed by atoms with E-state index < -0.39 is 6.04 Å². The summed E-state index contributed by atoms with van der Waals surface area (Å²) in [6.07, 6.45) is 0.623. The molecule has 2 unspecified atom stereocenters. The highest BCUT2D eigenvalue weighted by Crippen LogP contribution is 2.43. The molecule has 0 aliphatic carbocycles. The number of halogens is 1. The van der Waals surface area contributed by atoms with Gasteiger partial charge in [0.25, 0.3) is 5.91 Å². The van der Waals surface area contributed by atoms with Crippen molar-refractivity contribution in [2.45, 2.75) is 31.5 Å². The lowest BCUT2D eigenvalue weighted by Gasteiger charge is -2.34. The van der Waals surface area contributed by atoms with Crippen molar-refractivity contribution in [3.05, 3.63) is 70.7 Å². The minimum absolute atomic E-state index is 0.158. The van der Waals surface area contributed by atoms with Crippen LogP contribution in [0.3, 0.4) is 0 Å². The Kier molecular flexibility index (Phi) is 4.48. The summed E-state index contributed by atoms with van der Waals surface area (Å²) in [7, 11) is 0. The normalized spacial score (nSPS) is 23.6. The number of piperazine rings is 1. The number of carbonyl (C=O) groups is 3. The van der Waals surface area contributed by atoms with Crippen LogP contribution in [0, 0.1) is 6.92 Å². The van der Waals surface area contributed by atoms with E-state index in [1.54, 1.807) is 9.80 Å². The van der Waals surface area contributed by atoms with E-state index in [0.717, 1.165) is 20.8 Å². The van der Waals surface area contributed by atoms with Crippen molar-refractivity contribution < 1.29 is 14.4 Å². The molecule has 0 spiro atoms. The SMILES string of the molecule is Cc1cc(NC(=O)N2CC3CC2[C@H]2C(=O)N(c4cccc5ccccc45)C(=O)N32)ccc1Br. The number of nitrogens with one attached hydrogen (secondary N) is 1. The number of urea groups is 2. The maximum Gasteiger partial charge on any atom is 0.332 e. The number of benzene rings is 3. The number of imide groups is 1. The molecule has 5 amide bonds. The number of anilines is 2. The summed E-state index contributed by atoms with van der Waals surface area (Å²) >= 11 is 3.47. The summed E-state index contributed by atoms with van der Waals surface area (Å²) in [5, 5.41) is 4.77. The van der Waals surface area contributed by atoms with E-state index in [1.165, 1.54) is 4.90 Å². The molecular weight excluding hydrogens is 484 g/mol. The molecule has 3 fully saturated rings. The fraction of sp³-hybridized carbons (Fsp3) is 0.240. The first-order valence-corrected chi connectivity index (χ1v) is 11.7. The number of aryl methyl sites for hydroxylation is 1. The van der Waals surface area contributed by atoms with Gasteiger partial charge in [-0.1, -0.05) is 52.3 Å². The molecule has 166 valence electrons. The Morgan fingerprint density at radius 2 is 1.85 bits per heavy atom. The Bertz CT molecular complexity index is 1340. The van der Waals surface area contributed by atoms with E-state index in [9.17, 15) is 14.4 Å². The molecule has 6 rings (SSSR count). The van der Waals surface area contributed by atoms with Crippen LogP contribution in [0.4, 0.5) is 21.0 Å². The molecule has 3 aliphatic heterocycles. The van der Waals surface area contributed by atoms with Gasteiger partial charge in [0.1, 0.15) is 6.04 Å². The molecule has 1 N–H and O–H groups in total. The average molecular weight is 505 g/mol. The zero-order valence-electron chi connectivity index (χ0n) is 17.9. The fourth-order valence-electron chi connectivity index (χ4n) is 5.43. The Morgan fingerprint density at radius 3 is 2.67 bits per heavy atom. The zero-order chi connectivity index (χ0) is 22.9. The molecule has 3 atom stereocenters. The van der Waals surface area contributed by atoms with Crippen molar-refractivity contribution in [3.63, 3.8) is 0 Å². The van der Waals surface area contributed by atoms with E-state index in [2.05, 4.69) is 21.2 Å². The standard InChI is InChI=1S/C25H21BrN4O3/c1-14-11-16(9-10-19(14)26)27-24(32)28-13-17-12-21(28)22-23(31)30(25(33)29(17)22)20-8-4-6-15-5-2-3-7-18(15)20/h2-11,17,21-22H,12-13H2,1H3,(H,27,32)/t17?,21?,22-/m0/s1. The summed E-state index contributed by atoms with van der Waals surface area (Å²) < 4.78 is 0.972. The van der Waals surface area contributed by atoms with Crippen LogP contribution in [0.2, 0.25) is 0 Å². The van der Waals surface area contributed by atoms with Crippen molar-refractivity contribution in [2.24, 2.45) is 0 Å². The van der Waals surface area contributed by atoms with Crippen molar-refractivity contribution in [1.82, 2.24) is 9.80 Å². The number of carbonyl (C=O) groups excluding carboxylic acids is 3. The minimum Gasteiger partial charge on any atom is -0.317 e. The van der Waals surface area contributed by atoms with Crippen molar-refractivity contribution >= 4 is 56.0 Å². The smallest absolute Gasteiger partial charge is 0.317 e. The van der Waals surface area contributed by atoms with Gasteiger partial charge in [-0.3, -0.25) is 4.79 Å². The summed E-state index contributed by atoms with van der Waals surface area (Å²) in [4.78, 5) is 44.7. The predicted octanol–water partition coefficient (Wildman–Crippen LogP) is 4.74. The Balaban J connectivity index is 1.28. The molecule has 7 nitrogen and oxygen atoms in total. The highest BCUT2D eigenvalue weighted by molar-refractivity contribution is 9.10. The van der Waals surface area contributed by atoms with Crippen LogP contribution >= 0.6 is 15.9 Å². The number of hydrogen-bond acceptors (Lipinski definition) is 3. The Labute approximate surface area is 199 Å². The lowest BCUT2D eigenvalue weighted by Crippen LogP contribution is -2.55. The lowest BCUT2D eigenvalue weighted by molar-refractivity contribution is -0.120. The zero-order valence-corrected chi connectivity index (χ0v) is 19.5. The fourth-order valence-corrected chi connectivity index (χ4v) is 5.68. The number of amides is 5. The van der Waals surface area contributed by atoms with Gasteiger partial charge in [0.05, 0.1) is 17.8 Å². The first-order valence-electron chi connectivity index (χ1n) is 10.9. The van der Waals surface area contributed by atoms with E-state index >= 15 is 0 Å². The van der Waals surface area contributed by atoms with Gasteiger partial charge < -0.3 is 15.1 Å². The van der Waals surface area contributed by atoms with Crippen molar-refractivity contribution in [2.75, 3.05) is 16.8 Å². The molecule has 3 aromatic carbocycles. The molecule has 0 saturated carbocycles. The number of rotatable bonds is 2. The Morgan fingerprint density at radius 1 is 1.06 bits per heavy atom. The van der Waals surface area contributed by atoms with Crippen molar-refractivity contribution in [1.29, 1.82) is 0 Å². The van der Waals surface area contributed by atoms with Crippen LogP contribution < -0.4 is 10.2 Å². The third kappa shape index (κ3) is 2.97. The third-order valence-electron chi connectivity index (χ3n) is 6.94. The van der Waals surface area contributed by atoms with Crippen LogP contribution in [0.15, 0.2) is 65.1 Å². The topological polar surface area (TPSA) is 73.0 Å². The van der Waals surface area contributed by atoms with Gasteiger partial charge in [-0.25, -0.2) is 14.5 Å². The summed E-state index contributed by atoms with van der Waals surface area (Å²) in [6.45, 7) is 2.38. The second-order valence-electron chi connectivity index (χ2n) is 8.81. The molecular formula is C25H21BrN4O3. The molecule has 0 aromatic heterocycles. The van der Waals surface area contributed by atoms with Crippen LogP contribution in [0.25, 0.3) is 10.8 Å². The monoisotopic (exact) mass is 504 g/mol. The van der Waals surface area contributed by atoms with Gasteiger partial charge in [0.2, 0.25) is 0 Å². The average Bonchev–Trinajstić information content (AvgIpc) is 3.47. The third-order valence-corrected chi connectivity index (χ3v) is 7.83. The Hall–Kier alpha value is -3.39. The van der Waals surface area contributed by atoms with Gasteiger partial charge in [-0.05, 0) is 48.6 Å². The van der Waals surface area contributed by atoms with Crippen LogP contribution in [-0.4, -0.2) is 52.4 Å². The molecule has 0 radical (unpaired) electrons. The molecule has 8 heteroatoms. The number of nitrogens with zero attached hydrogens (tertiary/aromatic N) is 3. The quantitative estimate of drug-likeness (QED) is 0.512. The van der Waals surface area contributed by atoms with Gasteiger partial charge in [0, 0.05) is 22.1 Å². The minimum atomic E-state index is -0.646. The highest BCUT2D eigenvalue weighted by atomic mass is 79.9. The van der Waals surface area contributed by atoms with E-state index in [0.29, 0.717) is 24.3 Å². The van der Waals surface area contributed by atoms with E-state index in [4.69, 9.17) is 0 Å². The van der Waals surface area contributed by atoms with Crippen LogP contribution in [0.1, 0.15) is 12.0 Å².